The number of hydrogen-bond acceptors (Lipinski definition) is 3. The zero-order chi connectivity index (χ0) is 15.7. The largest absolute Gasteiger partial charge is 0.454 e. The quantitative estimate of drug-likeness (QED) is 0.439. The molecule has 2 aliphatic rings. The third-order valence-electron chi connectivity index (χ3n) is 3.75. The molecule has 0 saturated carbocycles. The van der Waals surface area contributed by atoms with E-state index in [1.54, 1.807) is 12.4 Å². The van der Waals surface area contributed by atoms with E-state index in [0.717, 1.165) is 23.6 Å². The van der Waals surface area contributed by atoms with Crippen molar-refractivity contribution < 1.29 is 4.42 Å². The number of rotatable bonds is 6. The molecule has 3 nitrogen and oxygen atoms in total. The van der Waals surface area contributed by atoms with Gasteiger partial charge in [-0.05, 0) is 49.5 Å². The minimum absolute atomic E-state index is 0.579. The molecule has 2 aliphatic carbocycles. The van der Waals surface area contributed by atoms with Crippen LogP contribution in [0.25, 0.3) is 0 Å². The summed E-state index contributed by atoms with van der Waals surface area (Å²) >= 11 is 0. The third kappa shape index (κ3) is 4.96. The number of furan rings is 1. The summed E-state index contributed by atoms with van der Waals surface area (Å²) < 4.78 is 5.68. The minimum atomic E-state index is 0.579. The monoisotopic (exact) mass is 304 g/mol. The van der Waals surface area contributed by atoms with Crippen LogP contribution in [0.1, 0.15) is 30.8 Å². The Kier molecular flexibility index (Phi) is 5.42. The maximum Gasteiger partial charge on any atom is 0.145 e. The fourth-order valence-electron chi connectivity index (χ4n) is 2.53. The lowest BCUT2D eigenvalue weighted by Crippen LogP contribution is -2.04. The van der Waals surface area contributed by atoms with E-state index < -0.39 is 0 Å². The normalized spacial score (nSPS) is 20.0. The van der Waals surface area contributed by atoms with Crippen molar-refractivity contribution in [3.05, 3.63) is 71.1 Å². The molecule has 1 aromatic heterocycles. The molecule has 23 heavy (non-hydrogen) atoms. The average molecular weight is 304 g/mol. The van der Waals surface area contributed by atoms with Crippen LogP contribution in [0.15, 0.2) is 74.0 Å². The predicted octanol–water partition coefficient (Wildman–Crippen LogP) is 4.28. The smallest absolute Gasteiger partial charge is 0.145 e. The van der Waals surface area contributed by atoms with E-state index >= 15 is 0 Å². The Morgan fingerprint density at radius 2 is 2.09 bits per heavy atom. The van der Waals surface area contributed by atoms with Crippen LogP contribution < -0.4 is 0 Å². The van der Waals surface area contributed by atoms with E-state index in [9.17, 15) is 0 Å². The van der Waals surface area contributed by atoms with Crippen molar-refractivity contribution >= 4 is 12.4 Å². The molecule has 3 heteroatoms. The number of hydrogen-bond donors (Lipinski definition) is 0. The van der Waals surface area contributed by atoms with Crippen molar-refractivity contribution in [2.24, 2.45) is 15.9 Å². The Morgan fingerprint density at radius 3 is 2.83 bits per heavy atom. The number of allylic oxidation sites excluding steroid dienone is 3. The zero-order valence-corrected chi connectivity index (χ0v) is 13.1. The Morgan fingerprint density at radius 1 is 1.22 bits per heavy atom. The van der Waals surface area contributed by atoms with Crippen molar-refractivity contribution in [2.75, 3.05) is 13.1 Å². The molecule has 1 aromatic rings. The van der Waals surface area contributed by atoms with Gasteiger partial charge in [0.15, 0.2) is 0 Å². The van der Waals surface area contributed by atoms with Crippen LogP contribution in [0.3, 0.4) is 0 Å². The molecular weight excluding hydrogens is 284 g/mol. The van der Waals surface area contributed by atoms with E-state index in [2.05, 4.69) is 33.6 Å². The number of nitrogens with zero attached hydrogens (tertiary/aromatic N) is 2. The lowest BCUT2D eigenvalue weighted by Gasteiger charge is -2.12. The second-order valence-corrected chi connectivity index (χ2v) is 5.64. The van der Waals surface area contributed by atoms with Crippen molar-refractivity contribution in [1.29, 1.82) is 0 Å². The van der Waals surface area contributed by atoms with Gasteiger partial charge < -0.3 is 4.42 Å². The van der Waals surface area contributed by atoms with E-state index in [4.69, 9.17) is 4.42 Å². The van der Waals surface area contributed by atoms with Gasteiger partial charge in [0.2, 0.25) is 0 Å². The highest BCUT2D eigenvalue weighted by Gasteiger charge is 2.06. The maximum absolute atomic E-state index is 5.68. The van der Waals surface area contributed by atoms with Crippen LogP contribution in [0.5, 0.6) is 0 Å². The van der Waals surface area contributed by atoms with Crippen molar-refractivity contribution in [3.8, 4) is 0 Å². The van der Waals surface area contributed by atoms with E-state index in [-0.39, 0.29) is 0 Å². The summed E-state index contributed by atoms with van der Waals surface area (Å²) in [5.74, 6) is 2.09. The summed E-state index contributed by atoms with van der Waals surface area (Å²) in [5, 5.41) is 0. The van der Waals surface area contributed by atoms with Gasteiger partial charge in [-0.2, -0.15) is 0 Å². The molecule has 0 saturated heterocycles. The highest BCUT2D eigenvalue weighted by molar-refractivity contribution is 5.81. The second kappa shape index (κ2) is 8.14. The molecule has 3 rings (SSSR count). The van der Waals surface area contributed by atoms with Crippen LogP contribution in [-0.4, -0.2) is 25.5 Å². The van der Waals surface area contributed by atoms with Crippen LogP contribution >= 0.6 is 0 Å². The van der Waals surface area contributed by atoms with Crippen molar-refractivity contribution in [1.82, 2.24) is 0 Å². The predicted molar refractivity (Wildman–Crippen MR) is 94.4 cm³/mol. The van der Waals surface area contributed by atoms with Gasteiger partial charge >= 0.3 is 0 Å². The van der Waals surface area contributed by atoms with Crippen LogP contribution in [-0.2, 0) is 0 Å². The van der Waals surface area contributed by atoms with Crippen molar-refractivity contribution in [2.45, 2.75) is 19.3 Å². The molecule has 1 unspecified atom stereocenters. The molecule has 0 spiro atoms. The fraction of sp³-hybridized carbons (Fsp3) is 0.300. The van der Waals surface area contributed by atoms with Gasteiger partial charge in [-0.3, -0.25) is 9.98 Å². The van der Waals surface area contributed by atoms with E-state index in [0.29, 0.717) is 12.5 Å². The maximum atomic E-state index is 5.68. The minimum Gasteiger partial charge on any atom is -0.454 e. The first kappa shape index (κ1) is 15.3. The molecule has 0 aliphatic heterocycles. The Hall–Kier alpha value is -2.60. The van der Waals surface area contributed by atoms with E-state index in [1.165, 1.54) is 19.3 Å². The Labute approximate surface area is 136 Å². The first-order valence-corrected chi connectivity index (χ1v) is 8.03. The van der Waals surface area contributed by atoms with Gasteiger partial charge in [-0.25, -0.2) is 0 Å². The molecular formula is C20H20N2O. The van der Waals surface area contributed by atoms with Gasteiger partial charge in [0, 0.05) is 12.1 Å². The Balaban J connectivity index is 1.50. The van der Waals surface area contributed by atoms with Gasteiger partial charge in [0.25, 0.3) is 0 Å². The highest BCUT2D eigenvalue weighted by Crippen LogP contribution is 2.17. The zero-order valence-electron chi connectivity index (χ0n) is 13.1. The molecule has 0 bridgehead atoms. The van der Waals surface area contributed by atoms with Crippen molar-refractivity contribution in [3.63, 3.8) is 0 Å². The molecule has 0 radical (unpaired) electrons. The third-order valence-corrected chi connectivity index (χ3v) is 3.75. The molecule has 1 heterocycles. The first-order valence-electron chi connectivity index (χ1n) is 8.03. The topological polar surface area (TPSA) is 37.9 Å². The summed E-state index contributed by atoms with van der Waals surface area (Å²) in [6.07, 6.45) is 17.5. The summed E-state index contributed by atoms with van der Waals surface area (Å²) in [7, 11) is 0. The van der Waals surface area contributed by atoms with Gasteiger partial charge in [0.05, 0.1) is 19.0 Å². The van der Waals surface area contributed by atoms with Gasteiger partial charge in [0.1, 0.15) is 11.5 Å². The van der Waals surface area contributed by atoms with Crippen LogP contribution in [0, 0.1) is 5.92 Å². The van der Waals surface area contributed by atoms with Gasteiger partial charge in [-0.1, -0.05) is 29.7 Å². The molecule has 0 aromatic carbocycles. The lowest BCUT2D eigenvalue weighted by atomic mass is 9.96. The van der Waals surface area contributed by atoms with Crippen LogP contribution in [0.4, 0.5) is 0 Å². The first-order chi connectivity index (χ1) is 11.4. The fourth-order valence-corrected chi connectivity index (χ4v) is 2.53. The molecule has 0 fully saturated rings. The van der Waals surface area contributed by atoms with Crippen LogP contribution in [0.2, 0.25) is 0 Å². The Bertz CT molecular complexity index is 748. The summed E-state index contributed by atoms with van der Waals surface area (Å²) in [5.41, 5.74) is 6.95. The highest BCUT2D eigenvalue weighted by atomic mass is 16.3. The second-order valence-electron chi connectivity index (χ2n) is 5.64. The molecule has 1 atom stereocenters. The number of aliphatic imine (C=N–C) groups is 2. The van der Waals surface area contributed by atoms with Gasteiger partial charge in [-0.15, -0.1) is 0 Å². The SMILES string of the molecule is C1=C=C(CN=Cc2ccc(C=NCC3C=CCCC3)o2)C=CC=1. The lowest BCUT2D eigenvalue weighted by molar-refractivity contribution is 0.544. The molecule has 0 N–H and O–H groups in total. The molecule has 116 valence electrons. The average Bonchev–Trinajstić information content (AvgIpc) is 3.05. The van der Waals surface area contributed by atoms with E-state index in [1.807, 2.05) is 30.4 Å². The summed E-state index contributed by atoms with van der Waals surface area (Å²) in [6.45, 7) is 1.41. The molecule has 0 amide bonds. The summed E-state index contributed by atoms with van der Waals surface area (Å²) in [4.78, 5) is 8.84. The summed E-state index contributed by atoms with van der Waals surface area (Å²) in [6, 6.07) is 3.83. The standard InChI is InChI=1S/C20H20N2O/c1-3-7-17(8-4-1)13-21-15-19-11-12-20(23-19)16-22-14-18-9-5-2-6-10-18/h1,3,5,7,9,11-12,15-16,18H,2,6,10,13-14H2.